The molecule has 8 nitrogen and oxygen atoms in total. The van der Waals surface area contributed by atoms with Gasteiger partial charge in [-0.15, -0.1) is 0 Å². The van der Waals surface area contributed by atoms with Crippen molar-refractivity contribution in [2.45, 2.75) is 31.0 Å². The van der Waals surface area contributed by atoms with Crippen LogP contribution in [-0.4, -0.2) is 43.3 Å². The molecule has 31 heavy (non-hydrogen) atoms. The topological polar surface area (TPSA) is 109 Å². The van der Waals surface area contributed by atoms with E-state index in [4.69, 9.17) is 9.47 Å². The summed E-state index contributed by atoms with van der Waals surface area (Å²) >= 11 is 0. The van der Waals surface area contributed by atoms with Gasteiger partial charge in [-0.05, 0) is 43.7 Å². The monoisotopic (exact) mass is 429 g/mol. The van der Waals surface area contributed by atoms with Crippen LogP contribution in [0.4, 0.5) is 15.8 Å². The fourth-order valence-corrected chi connectivity index (χ4v) is 4.42. The molecule has 1 spiro atoms. The third-order valence-corrected chi connectivity index (χ3v) is 6.00. The van der Waals surface area contributed by atoms with Gasteiger partial charge in [0.05, 0.1) is 31.9 Å². The summed E-state index contributed by atoms with van der Waals surface area (Å²) in [7, 11) is 2.98. The van der Waals surface area contributed by atoms with Crippen molar-refractivity contribution in [3.05, 3.63) is 47.8 Å². The number of amides is 2. The summed E-state index contributed by atoms with van der Waals surface area (Å²) in [4.78, 5) is 26.6. The first kappa shape index (κ1) is 21.1. The molecule has 2 amide bonds. The number of hydrogen-bond donors (Lipinski definition) is 4. The van der Waals surface area contributed by atoms with Crippen molar-refractivity contribution in [1.29, 1.82) is 0 Å². The Morgan fingerprint density at radius 2 is 2.03 bits per heavy atom. The summed E-state index contributed by atoms with van der Waals surface area (Å²) in [6.45, 7) is 1.58. The zero-order valence-electron chi connectivity index (χ0n) is 17.4. The molecule has 4 atom stereocenters. The minimum absolute atomic E-state index is 0.180. The van der Waals surface area contributed by atoms with Crippen molar-refractivity contribution < 1.29 is 28.6 Å². The van der Waals surface area contributed by atoms with Gasteiger partial charge >= 0.3 is 0 Å². The van der Waals surface area contributed by atoms with Gasteiger partial charge in [0, 0.05) is 23.4 Å². The van der Waals surface area contributed by atoms with E-state index in [-0.39, 0.29) is 6.42 Å². The Hall–Kier alpha value is -3.17. The Bertz CT molecular complexity index is 1040. The molecule has 4 N–H and O–H groups in total. The predicted molar refractivity (Wildman–Crippen MR) is 112 cm³/mol. The van der Waals surface area contributed by atoms with Crippen LogP contribution in [0.5, 0.6) is 11.5 Å². The number of methoxy groups -OCH3 is 2. The molecular formula is C22H24FN3O5. The first-order chi connectivity index (χ1) is 14.8. The molecule has 0 aliphatic carbocycles. The van der Waals surface area contributed by atoms with Gasteiger partial charge in [-0.25, -0.2) is 4.39 Å². The Kier molecular flexibility index (Phi) is 5.32. The number of aliphatic hydroxyl groups is 1. The van der Waals surface area contributed by atoms with Crippen molar-refractivity contribution in [1.82, 2.24) is 5.32 Å². The lowest BCUT2D eigenvalue weighted by Crippen LogP contribution is -2.53. The molecule has 2 aromatic carbocycles. The summed E-state index contributed by atoms with van der Waals surface area (Å²) in [6, 6.07) is 8.38. The molecule has 1 unspecified atom stereocenters. The first-order valence-corrected chi connectivity index (χ1v) is 9.90. The maximum absolute atomic E-state index is 14.1. The van der Waals surface area contributed by atoms with Gasteiger partial charge in [-0.3, -0.25) is 14.9 Å². The third-order valence-electron chi connectivity index (χ3n) is 6.00. The van der Waals surface area contributed by atoms with Crippen LogP contribution in [0.2, 0.25) is 0 Å². The van der Waals surface area contributed by atoms with Gasteiger partial charge in [0.25, 0.3) is 0 Å². The van der Waals surface area contributed by atoms with Crippen molar-refractivity contribution in [2.75, 3.05) is 24.9 Å². The SMILES string of the molecule is COc1ccc(OC)c(NC(=O)[C@H]2C[C@H](C(C)O)N[C@]23C(=O)Nc2ccc(F)cc23)c1. The number of benzene rings is 2. The fraction of sp³-hybridized carbons (Fsp3) is 0.364. The molecular weight excluding hydrogens is 405 g/mol. The molecule has 164 valence electrons. The minimum atomic E-state index is -1.50. The quantitative estimate of drug-likeness (QED) is 0.579. The highest BCUT2D eigenvalue weighted by atomic mass is 19.1. The van der Waals surface area contributed by atoms with E-state index in [9.17, 15) is 19.1 Å². The molecule has 0 saturated carbocycles. The number of fused-ring (bicyclic) bond motifs is 2. The molecule has 1 saturated heterocycles. The van der Waals surface area contributed by atoms with Gasteiger partial charge in [0.15, 0.2) is 0 Å². The Morgan fingerprint density at radius 1 is 1.26 bits per heavy atom. The van der Waals surface area contributed by atoms with E-state index in [1.807, 2.05) is 0 Å². The van der Waals surface area contributed by atoms with E-state index in [1.54, 1.807) is 25.1 Å². The zero-order valence-corrected chi connectivity index (χ0v) is 17.4. The number of nitrogens with one attached hydrogen (secondary N) is 3. The van der Waals surface area contributed by atoms with Crippen molar-refractivity contribution in [2.24, 2.45) is 5.92 Å². The van der Waals surface area contributed by atoms with Gasteiger partial charge in [-0.1, -0.05) is 0 Å². The Labute approximate surface area is 178 Å². The number of carbonyl (C=O) groups is 2. The van der Waals surface area contributed by atoms with Crippen LogP contribution in [-0.2, 0) is 15.1 Å². The van der Waals surface area contributed by atoms with Crippen LogP contribution in [0.1, 0.15) is 18.9 Å². The second kappa shape index (κ2) is 7.82. The number of anilines is 2. The Balaban J connectivity index is 1.75. The highest BCUT2D eigenvalue weighted by molar-refractivity contribution is 6.10. The maximum atomic E-state index is 14.1. The minimum Gasteiger partial charge on any atom is -0.497 e. The van der Waals surface area contributed by atoms with Gasteiger partial charge < -0.3 is 25.2 Å². The zero-order chi connectivity index (χ0) is 22.3. The fourth-order valence-electron chi connectivity index (χ4n) is 4.42. The number of ether oxygens (including phenoxy) is 2. The first-order valence-electron chi connectivity index (χ1n) is 9.90. The molecule has 1 fully saturated rings. The maximum Gasteiger partial charge on any atom is 0.250 e. The van der Waals surface area contributed by atoms with E-state index in [2.05, 4.69) is 16.0 Å². The van der Waals surface area contributed by atoms with Crippen LogP contribution < -0.4 is 25.4 Å². The number of halogens is 1. The predicted octanol–water partition coefficient (Wildman–Crippen LogP) is 1.99. The van der Waals surface area contributed by atoms with E-state index < -0.39 is 41.2 Å². The second-order valence-corrected chi connectivity index (χ2v) is 7.79. The van der Waals surface area contributed by atoms with Gasteiger partial charge in [0.1, 0.15) is 22.9 Å². The van der Waals surface area contributed by atoms with Crippen molar-refractivity contribution in [3.8, 4) is 11.5 Å². The summed E-state index contributed by atoms with van der Waals surface area (Å²) in [5, 5.41) is 18.9. The normalized spacial score (nSPS) is 25.1. The molecule has 2 aliphatic rings. The van der Waals surface area contributed by atoms with Crippen LogP contribution in [0.3, 0.4) is 0 Å². The number of carbonyl (C=O) groups excluding carboxylic acids is 2. The highest BCUT2D eigenvalue weighted by Gasteiger charge is 2.60. The summed E-state index contributed by atoms with van der Waals surface area (Å²) < 4.78 is 24.6. The lowest BCUT2D eigenvalue weighted by atomic mass is 9.79. The summed E-state index contributed by atoms with van der Waals surface area (Å²) in [5.41, 5.74) is -0.351. The van der Waals surface area contributed by atoms with Crippen LogP contribution in [0.15, 0.2) is 36.4 Å². The van der Waals surface area contributed by atoms with E-state index in [0.717, 1.165) is 0 Å². The molecule has 0 radical (unpaired) electrons. The third kappa shape index (κ3) is 3.39. The van der Waals surface area contributed by atoms with E-state index >= 15 is 0 Å². The summed E-state index contributed by atoms with van der Waals surface area (Å²) in [5.74, 6) is -1.42. The standard InChI is InChI=1S/C22H24FN3O5/c1-11(27)17-10-15(20(28)24-18-9-13(30-2)5-7-19(18)31-3)22(26-17)14-8-12(23)4-6-16(14)25-21(22)29/h4-9,11,15,17,26-27H,10H2,1-3H3,(H,24,28)(H,25,29)/t11?,15-,17-,22+/m1/s1. The number of rotatable bonds is 5. The van der Waals surface area contributed by atoms with Crippen molar-refractivity contribution >= 4 is 23.2 Å². The summed E-state index contributed by atoms with van der Waals surface area (Å²) in [6.07, 6.45) is -0.648. The number of aliphatic hydroxyl groups excluding tert-OH is 1. The van der Waals surface area contributed by atoms with Crippen LogP contribution in [0, 0.1) is 11.7 Å². The lowest BCUT2D eigenvalue weighted by Gasteiger charge is -2.29. The molecule has 0 aromatic heterocycles. The molecule has 4 rings (SSSR count). The average Bonchev–Trinajstić information content (AvgIpc) is 3.28. The van der Waals surface area contributed by atoms with E-state index in [1.165, 1.54) is 32.4 Å². The Morgan fingerprint density at radius 3 is 2.71 bits per heavy atom. The molecule has 2 aliphatic heterocycles. The second-order valence-electron chi connectivity index (χ2n) is 7.79. The largest absolute Gasteiger partial charge is 0.497 e. The van der Waals surface area contributed by atoms with Gasteiger partial charge in [-0.2, -0.15) is 0 Å². The lowest BCUT2D eigenvalue weighted by molar-refractivity contribution is -0.130. The highest BCUT2D eigenvalue weighted by Crippen LogP contribution is 2.48. The molecule has 9 heteroatoms. The molecule has 2 aromatic rings. The smallest absolute Gasteiger partial charge is 0.250 e. The van der Waals surface area contributed by atoms with Crippen LogP contribution >= 0.6 is 0 Å². The molecule has 2 heterocycles. The van der Waals surface area contributed by atoms with Gasteiger partial charge in [0.2, 0.25) is 11.8 Å². The molecule has 0 bridgehead atoms. The van der Waals surface area contributed by atoms with Crippen molar-refractivity contribution in [3.63, 3.8) is 0 Å². The average molecular weight is 429 g/mol. The van der Waals surface area contributed by atoms with Crippen LogP contribution in [0.25, 0.3) is 0 Å². The van der Waals surface area contributed by atoms with E-state index in [0.29, 0.717) is 28.4 Å². The number of hydrogen-bond acceptors (Lipinski definition) is 6.